The number of amides is 1. The number of nitrogens with one attached hydrogen (secondary N) is 1. The minimum Gasteiger partial charge on any atom is -0.334 e. The van der Waals surface area contributed by atoms with Gasteiger partial charge in [-0.3, -0.25) is 9.52 Å². The Bertz CT molecular complexity index is 1020. The lowest BCUT2D eigenvalue weighted by molar-refractivity contribution is -0.0429. The zero-order valence-corrected chi connectivity index (χ0v) is 16.2. The average molecular weight is 433 g/mol. The van der Waals surface area contributed by atoms with E-state index in [0.29, 0.717) is 29.1 Å². The molecule has 150 valence electrons. The molecule has 0 fully saturated rings. The van der Waals surface area contributed by atoms with Crippen molar-refractivity contribution in [3.63, 3.8) is 0 Å². The van der Waals surface area contributed by atoms with Crippen molar-refractivity contribution in [2.45, 2.75) is 25.4 Å². The van der Waals surface area contributed by atoms with Gasteiger partial charge in [0.25, 0.3) is 5.91 Å². The number of fused-ring (bicyclic) bond motifs is 1. The number of anilines is 1. The molecule has 1 N–H and O–H groups in total. The molecule has 10 heteroatoms. The summed E-state index contributed by atoms with van der Waals surface area (Å²) in [5, 5.41) is 0.608. The van der Waals surface area contributed by atoms with E-state index >= 15 is 0 Å². The Balaban J connectivity index is 1.73. The number of hydrogen-bond acceptors (Lipinski definition) is 3. The summed E-state index contributed by atoms with van der Waals surface area (Å²) in [5.41, 5.74) is -2.66. The number of halogens is 4. The van der Waals surface area contributed by atoms with E-state index in [9.17, 15) is 26.4 Å². The minimum absolute atomic E-state index is 0.150. The van der Waals surface area contributed by atoms with Crippen LogP contribution >= 0.6 is 11.6 Å². The van der Waals surface area contributed by atoms with Crippen LogP contribution in [0.15, 0.2) is 36.4 Å². The molecule has 0 radical (unpaired) electrons. The summed E-state index contributed by atoms with van der Waals surface area (Å²) in [6, 6.07) is 8.95. The van der Waals surface area contributed by atoms with Gasteiger partial charge in [-0.15, -0.1) is 0 Å². The van der Waals surface area contributed by atoms with Crippen LogP contribution in [0, 0.1) is 6.92 Å². The molecule has 0 bridgehead atoms. The number of alkyl halides is 3. The van der Waals surface area contributed by atoms with E-state index in [1.54, 1.807) is 17.0 Å². The maximum Gasteiger partial charge on any atom is 0.516 e. The highest BCUT2D eigenvalue weighted by Crippen LogP contribution is 2.28. The van der Waals surface area contributed by atoms with Crippen LogP contribution in [0.1, 0.15) is 27.0 Å². The van der Waals surface area contributed by atoms with Crippen LogP contribution in [-0.4, -0.2) is 31.3 Å². The molecule has 0 unspecified atom stereocenters. The zero-order chi connectivity index (χ0) is 20.7. The number of aryl methyl sites for hydroxylation is 1. The topological polar surface area (TPSA) is 66.5 Å². The van der Waals surface area contributed by atoms with E-state index in [2.05, 4.69) is 0 Å². The summed E-state index contributed by atoms with van der Waals surface area (Å²) < 4.78 is 61.0. The lowest BCUT2D eigenvalue weighted by Gasteiger charge is -2.29. The molecule has 0 saturated heterocycles. The van der Waals surface area contributed by atoms with Crippen LogP contribution in [-0.2, 0) is 23.0 Å². The minimum atomic E-state index is -5.47. The second-order valence-electron chi connectivity index (χ2n) is 6.48. The van der Waals surface area contributed by atoms with Crippen LogP contribution in [0.3, 0.4) is 0 Å². The molecule has 0 aliphatic carbocycles. The van der Waals surface area contributed by atoms with E-state index in [0.717, 1.165) is 11.1 Å². The molecule has 5 nitrogen and oxygen atoms in total. The van der Waals surface area contributed by atoms with Crippen molar-refractivity contribution in [1.82, 2.24) is 4.90 Å². The first-order valence-corrected chi connectivity index (χ1v) is 10.1. The van der Waals surface area contributed by atoms with Gasteiger partial charge in [0.15, 0.2) is 0 Å². The predicted octanol–water partition coefficient (Wildman–Crippen LogP) is 4.11. The van der Waals surface area contributed by atoms with Crippen molar-refractivity contribution in [2.24, 2.45) is 0 Å². The average Bonchev–Trinajstić information content (AvgIpc) is 2.60. The Morgan fingerprint density at radius 3 is 2.43 bits per heavy atom. The Labute approximate surface area is 165 Å². The summed E-state index contributed by atoms with van der Waals surface area (Å²) in [7, 11) is -5.47. The summed E-state index contributed by atoms with van der Waals surface area (Å²) >= 11 is 6.10. The van der Waals surface area contributed by atoms with Gasteiger partial charge in [0, 0.05) is 29.4 Å². The Morgan fingerprint density at radius 1 is 1.18 bits per heavy atom. The fraction of sp³-hybridized carbons (Fsp3) is 0.278. The lowest BCUT2D eigenvalue weighted by atomic mass is 9.96. The van der Waals surface area contributed by atoms with Gasteiger partial charge in [-0.1, -0.05) is 23.7 Å². The van der Waals surface area contributed by atoms with Crippen LogP contribution in [0.4, 0.5) is 18.9 Å². The maximum absolute atomic E-state index is 12.7. The number of carbonyl (C=O) groups is 1. The summed E-state index contributed by atoms with van der Waals surface area (Å²) in [6.07, 6.45) is 0.643. The lowest BCUT2D eigenvalue weighted by Crippen LogP contribution is -2.37. The second kappa shape index (κ2) is 7.29. The van der Waals surface area contributed by atoms with Gasteiger partial charge in [0.2, 0.25) is 0 Å². The first-order chi connectivity index (χ1) is 13.0. The van der Waals surface area contributed by atoms with Gasteiger partial charge in [0.05, 0.1) is 0 Å². The summed E-state index contributed by atoms with van der Waals surface area (Å²) in [4.78, 5) is 14.3. The zero-order valence-electron chi connectivity index (χ0n) is 14.7. The van der Waals surface area contributed by atoms with Gasteiger partial charge in [-0.2, -0.15) is 21.6 Å². The third-order valence-corrected chi connectivity index (χ3v) is 5.96. The normalized spacial score (nSPS) is 14.8. The number of rotatable bonds is 4. The van der Waals surface area contributed by atoms with Gasteiger partial charge < -0.3 is 4.90 Å². The first kappa shape index (κ1) is 20.5. The fourth-order valence-corrected chi connectivity index (χ4v) is 3.67. The Hall–Kier alpha value is -2.26. The maximum atomic E-state index is 12.7. The highest BCUT2D eigenvalue weighted by atomic mass is 35.5. The van der Waals surface area contributed by atoms with Gasteiger partial charge in [0.1, 0.15) is 0 Å². The largest absolute Gasteiger partial charge is 0.516 e. The molecule has 2 aromatic carbocycles. The van der Waals surface area contributed by atoms with Crippen molar-refractivity contribution in [3.8, 4) is 0 Å². The molecule has 2 aromatic rings. The molecular weight excluding hydrogens is 417 g/mol. The molecule has 1 amide bonds. The Kier molecular flexibility index (Phi) is 5.33. The van der Waals surface area contributed by atoms with Gasteiger partial charge in [-0.25, -0.2) is 0 Å². The second-order valence-corrected chi connectivity index (χ2v) is 8.56. The fourth-order valence-electron chi connectivity index (χ4n) is 2.92. The molecule has 1 aliphatic heterocycles. The highest BCUT2D eigenvalue weighted by Gasteiger charge is 2.46. The van der Waals surface area contributed by atoms with E-state index in [4.69, 9.17) is 11.6 Å². The van der Waals surface area contributed by atoms with E-state index in [-0.39, 0.29) is 18.1 Å². The van der Waals surface area contributed by atoms with E-state index < -0.39 is 15.5 Å². The molecule has 28 heavy (non-hydrogen) atoms. The van der Waals surface area contributed by atoms with Crippen molar-refractivity contribution < 1.29 is 26.4 Å². The highest BCUT2D eigenvalue weighted by molar-refractivity contribution is 7.93. The van der Waals surface area contributed by atoms with Gasteiger partial charge in [-0.05, 0) is 54.3 Å². The molecule has 0 saturated carbocycles. The molecule has 1 heterocycles. The van der Waals surface area contributed by atoms with Crippen molar-refractivity contribution >= 4 is 33.2 Å². The third kappa shape index (κ3) is 4.10. The quantitative estimate of drug-likeness (QED) is 0.790. The number of nitrogens with zero attached hydrogens (tertiary/aromatic N) is 1. The standard InChI is InChI=1S/C18H16ClF3N2O3S/c1-11-8-15-13(9-16(11)19)6-7-24(17(15)25)10-12-2-4-14(5-3-12)23-28(26,27)18(20,21)22/h2-5,8-9,23H,6-7,10H2,1H3. The van der Waals surface area contributed by atoms with Crippen LogP contribution in [0.2, 0.25) is 5.02 Å². The number of carbonyl (C=O) groups excluding carboxylic acids is 1. The van der Waals surface area contributed by atoms with Crippen molar-refractivity contribution in [2.75, 3.05) is 11.3 Å². The number of benzene rings is 2. The predicted molar refractivity (Wildman–Crippen MR) is 99.7 cm³/mol. The van der Waals surface area contributed by atoms with Crippen LogP contribution < -0.4 is 4.72 Å². The SMILES string of the molecule is Cc1cc2c(cc1Cl)CCN(Cc1ccc(NS(=O)(=O)C(F)(F)F)cc1)C2=O. The summed E-state index contributed by atoms with van der Waals surface area (Å²) in [5.74, 6) is -0.150. The van der Waals surface area contributed by atoms with Crippen LogP contribution in [0.5, 0.6) is 0 Å². The molecule has 0 aromatic heterocycles. The number of sulfonamides is 1. The van der Waals surface area contributed by atoms with E-state index in [1.165, 1.54) is 29.0 Å². The number of hydrogen-bond donors (Lipinski definition) is 1. The van der Waals surface area contributed by atoms with Crippen molar-refractivity contribution in [3.05, 3.63) is 63.7 Å². The summed E-state index contributed by atoms with van der Waals surface area (Å²) in [6.45, 7) is 2.55. The Morgan fingerprint density at radius 2 is 1.82 bits per heavy atom. The molecular formula is C18H16ClF3N2O3S. The monoisotopic (exact) mass is 432 g/mol. The molecule has 0 atom stereocenters. The van der Waals surface area contributed by atoms with Crippen molar-refractivity contribution in [1.29, 1.82) is 0 Å². The smallest absolute Gasteiger partial charge is 0.334 e. The first-order valence-electron chi connectivity index (χ1n) is 8.24. The molecule has 3 rings (SSSR count). The molecule has 0 spiro atoms. The molecule has 1 aliphatic rings. The van der Waals surface area contributed by atoms with E-state index in [1.807, 2.05) is 6.92 Å². The van der Waals surface area contributed by atoms with Gasteiger partial charge >= 0.3 is 15.5 Å². The third-order valence-electron chi connectivity index (χ3n) is 4.44. The van der Waals surface area contributed by atoms with Crippen LogP contribution in [0.25, 0.3) is 0 Å².